The molecule has 3 aromatic carbocycles. The molecular formula is C29H31FN4O2. The molecule has 0 bridgehead atoms. The summed E-state index contributed by atoms with van der Waals surface area (Å²) in [6, 6.07) is 22.3. The standard InChI is InChI=1S/C29H31FN4O2/c1-3-31-25-17-20(30)16-24-26(25)33-28(36)29(24,2)34-15-14-22(19-10-6-4-7-11-19)23(18-34)27(35)32-21-12-8-5-9-13-21/h4-13,16-17,22-23,31H,3,14-15,18H2,1-2H3,(H,32,35)(H,33,36)/t22?,23?,29-/m0/s1. The van der Waals surface area contributed by atoms with Crippen molar-refractivity contribution in [3.8, 4) is 0 Å². The van der Waals surface area contributed by atoms with Gasteiger partial charge in [0.25, 0.3) is 0 Å². The van der Waals surface area contributed by atoms with Crippen LogP contribution in [0.5, 0.6) is 0 Å². The summed E-state index contributed by atoms with van der Waals surface area (Å²) in [5, 5.41) is 9.20. The third-order valence-electron chi connectivity index (χ3n) is 7.53. The van der Waals surface area contributed by atoms with Crippen molar-refractivity contribution in [3.05, 3.63) is 89.7 Å². The van der Waals surface area contributed by atoms with Crippen LogP contribution >= 0.6 is 0 Å². The Kier molecular flexibility index (Phi) is 6.49. The minimum absolute atomic E-state index is 0.00326. The molecule has 0 saturated carbocycles. The van der Waals surface area contributed by atoms with E-state index >= 15 is 0 Å². The molecule has 3 N–H and O–H groups in total. The van der Waals surface area contributed by atoms with E-state index in [1.54, 1.807) is 0 Å². The molecule has 2 aliphatic heterocycles. The van der Waals surface area contributed by atoms with Gasteiger partial charge in [-0.1, -0.05) is 48.5 Å². The highest BCUT2D eigenvalue weighted by Crippen LogP contribution is 2.47. The number of anilines is 3. The first-order chi connectivity index (χ1) is 17.4. The van der Waals surface area contributed by atoms with Crippen LogP contribution in [0.25, 0.3) is 0 Å². The quantitative estimate of drug-likeness (QED) is 0.450. The van der Waals surface area contributed by atoms with Crippen molar-refractivity contribution < 1.29 is 14.0 Å². The summed E-state index contributed by atoms with van der Waals surface area (Å²) in [6.07, 6.45) is 0.699. The van der Waals surface area contributed by atoms with Gasteiger partial charge in [-0.15, -0.1) is 0 Å². The molecule has 2 amide bonds. The molecule has 1 fully saturated rings. The maximum absolute atomic E-state index is 14.7. The number of fused-ring (bicyclic) bond motifs is 1. The van der Waals surface area contributed by atoms with Crippen LogP contribution in [-0.4, -0.2) is 36.3 Å². The molecule has 36 heavy (non-hydrogen) atoms. The van der Waals surface area contributed by atoms with Crippen molar-refractivity contribution in [2.24, 2.45) is 5.92 Å². The van der Waals surface area contributed by atoms with E-state index in [4.69, 9.17) is 0 Å². The van der Waals surface area contributed by atoms with Crippen LogP contribution < -0.4 is 16.0 Å². The van der Waals surface area contributed by atoms with Gasteiger partial charge in [0.1, 0.15) is 11.4 Å². The van der Waals surface area contributed by atoms with E-state index in [9.17, 15) is 14.0 Å². The zero-order valence-electron chi connectivity index (χ0n) is 20.6. The number of nitrogens with zero attached hydrogens (tertiary/aromatic N) is 1. The lowest BCUT2D eigenvalue weighted by molar-refractivity contribution is -0.132. The Morgan fingerprint density at radius 2 is 1.81 bits per heavy atom. The summed E-state index contributed by atoms with van der Waals surface area (Å²) < 4.78 is 14.7. The number of amides is 2. The molecule has 3 atom stereocenters. The number of carbonyl (C=O) groups excluding carboxylic acids is 2. The Balaban J connectivity index is 1.50. The third-order valence-corrected chi connectivity index (χ3v) is 7.53. The normalized spacial score (nSPS) is 23.6. The van der Waals surface area contributed by atoms with Crippen LogP contribution in [0, 0.1) is 11.7 Å². The van der Waals surface area contributed by atoms with E-state index in [1.807, 2.05) is 67.3 Å². The molecular weight excluding hydrogens is 455 g/mol. The van der Waals surface area contributed by atoms with Gasteiger partial charge >= 0.3 is 0 Å². The highest BCUT2D eigenvalue weighted by atomic mass is 19.1. The lowest BCUT2D eigenvalue weighted by atomic mass is 9.77. The SMILES string of the molecule is CCNc1cc(F)cc2c1NC(=O)[C@@]2(C)N1CCC(c2ccccc2)C(C(=O)Nc2ccccc2)C1. The average molecular weight is 487 g/mol. The number of hydrogen-bond acceptors (Lipinski definition) is 4. The molecule has 5 rings (SSSR count). The average Bonchev–Trinajstić information content (AvgIpc) is 3.16. The summed E-state index contributed by atoms with van der Waals surface area (Å²) >= 11 is 0. The van der Waals surface area contributed by atoms with Crippen molar-refractivity contribution in [2.45, 2.75) is 31.7 Å². The number of likely N-dealkylation sites (tertiary alicyclic amines) is 1. The molecule has 2 aliphatic rings. The summed E-state index contributed by atoms with van der Waals surface area (Å²) in [5.74, 6) is -1.08. The molecule has 3 aromatic rings. The van der Waals surface area contributed by atoms with Crippen LogP contribution in [0.4, 0.5) is 21.5 Å². The van der Waals surface area contributed by atoms with Gasteiger partial charge < -0.3 is 16.0 Å². The smallest absolute Gasteiger partial charge is 0.249 e. The van der Waals surface area contributed by atoms with Crippen molar-refractivity contribution in [3.63, 3.8) is 0 Å². The lowest BCUT2D eigenvalue weighted by Gasteiger charge is -2.45. The molecule has 6 nitrogen and oxygen atoms in total. The fourth-order valence-corrected chi connectivity index (χ4v) is 5.61. The van der Waals surface area contributed by atoms with Crippen LogP contribution in [0.2, 0.25) is 0 Å². The maximum atomic E-state index is 14.7. The fraction of sp³-hybridized carbons (Fsp3) is 0.310. The molecule has 2 unspecified atom stereocenters. The summed E-state index contributed by atoms with van der Waals surface area (Å²) in [6.45, 7) is 5.34. The zero-order valence-corrected chi connectivity index (χ0v) is 20.6. The molecule has 0 aromatic heterocycles. The van der Waals surface area contributed by atoms with Gasteiger partial charge in [-0.2, -0.15) is 0 Å². The molecule has 186 valence electrons. The van der Waals surface area contributed by atoms with Crippen LogP contribution in [0.15, 0.2) is 72.8 Å². The monoisotopic (exact) mass is 486 g/mol. The van der Waals surface area contributed by atoms with E-state index in [-0.39, 0.29) is 17.7 Å². The number of carbonyl (C=O) groups is 2. The van der Waals surface area contributed by atoms with Crippen molar-refractivity contribution >= 4 is 28.9 Å². The van der Waals surface area contributed by atoms with Gasteiger partial charge in [0.2, 0.25) is 11.8 Å². The van der Waals surface area contributed by atoms with Crippen molar-refractivity contribution in [1.29, 1.82) is 0 Å². The number of para-hydroxylation sites is 1. The Labute approximate surface area is 210 Å². The van der Waals surface area contributed by atoms with Crippen LogP contribution in [0.3, 0.4) is 0 Å². The summed E-state index contributed by atoms with van der Waals surface area (Å²) in [7, 11) is 0. The first-order valence-electron chi connectivity index (χ1n) is 12.5. The van der Waals surface area contributed by atoms with E-state index < -0.39 is 17.3 Å². The van der Waals surface area contributed by atoms with E-state index in [2.05, 4.69) is 28.1 Å². The molecule has 0 aliphatic carbocycles. The first-order valence-corrected chi connectivity index (χ1v) is 12.5. The second-order valence-electron chi connectivity index (χ2n) is 9.65. The number of nitrogens with one attached hydrogen (secondary N) is 3. The minimum atomic E-state index is -1.09. The second kappa shape index (κ2) is 9.74. The highest BCUT2D eigenvalue weighted by molar-refractivity contribution is 6.08. The first kappa shape index (κ1) is 24.0. The number of hydrogen-bond donors (Lipinski definition) is 3. The third kappa shape index (κ3) is 4.24. The van der Waals surface area contributed by atoms with Gasteiger partial charge in [0, 0.05) is 30.9 Å². The zero-order chi connectivity index (χ0) is 25.3. The molecule has 1 saturated heterocycles. The Bertz CT molecular complexity index is 1270. The van der Waals surface area contributed by atoms with E-state index in [0.29, 0.717) is 43.0 Å². The summed E-state index contributed by atoms with van der Waals surface area (Å²) in [5.41, 5.74) is 2.53. The van der Waals surface area contributed by atoms with Crippen molar-refractivity contribution in [2.75, 3.05) is 35.6 Å². The number of benzene rings is 3. The highest BCUT2D eigenvalue weighted by Gasteiger charge is 2.51. The predicted octanol–water partition coefficient (Wildman–Crippen LogP) is 5.17. The largest absolute Gasteiger partial charge is 0.384 e. The van der Waals surface area contributed by atoms with E-state index in [1.165, 1.54) is 12.1 Å². The fourth-order valence-electron chi connectivity index (χ4n) is 5.61. The lowest BCUT2D eigenvalue weighted by Crippen LogP contribution is -2.55. The number of piperidine rings is 1. The van der Waals surface area contributed by atoms with Crippen LogP contribution in [0.1, 0.15) is 37.3 Å². The Morgan fingerprint density at radius 3 is 2.50 bits per heavy atom. The predicted molar refractivity (Wildman–Crippen MR) is 140 cm³/mol. The van der Waals surface area contributed by atoms with Gasteiger partial charge in [0.15, 0.2) is 0 Å². The topological polar surface area (TPSA) is 73.5 Å². The molecule has 0 radical (unpaired) electrons. The van der Waals surface area contributed by atoms with Gasteiger partial charge in [0.05, 0.1) is 17.3 Å². The number of halogens is 1. The van der Waals surface area contributed by atoms with Gasteiger partial charge in [-0.3, -0.25) is 14.5 Å². The Hall–Kier alpha value is -3.71. The molecule has 2 heterocycles. The van der Waals surface area contributed by atoms with Crippen molar-refractivity contribution in [1.82, 2.24) is 4.90 Å². The summed E-state index contributed by atoms with van der Waals surface area (Å²) in [4.78, 5) is 29.1. The van der Waals surface area contributed by atoms with Gasteiger partial charge in [-0.25, -0.2) is 4.39 Å². The maximum Gasteiger partial charge on any atom is 0.249 e. The Morgan fingerprint density at radius 1 is 1.11 bits per heavy atom. The van der Waals surface area contributed by atoms with Gasteiger partial charge in [-0.05, 0) is 56.0 Å². The van der Waals surface area contributed by atoms with E-state index in [0.717, 1.165) is 11.3 Å². The number of rotatable bonds is 6. The minimum Gasteiger partial charge on any atom is -0.384 e. The van der Waals surface area contributed by atoms with Crippen LogP contribution in [-0.2, 0) is 15.1 Å². The molecule has 0 spiro atoms. The molecule has 7 heteroatoms. The second-order valence-corrected chi connectivity index (χ2v) is 9.65.